The molecule has 0 saturated heterocycles. The lowest BCUT2D eigenvalue weighted by Gasteiger charge is -2.07. The maximum atomic E-state index is 12.4. The van der Waals surface area contributed by atoms with Gasteiger partial charge in [-0.15, -0.1) is 0 Å². The summed E-state index contributed by atoms with van der Waals surface area (Å²) in [5, 5.41) is 18.7. The number of nitro groups is 1. The summed E-state index contributed by atoms with van der Waals surface area (Å²) in [5.41, 5.74) is -1.84. The first-order valence-electron chi connectivity index (χ1n) is 4.27. The van der Waals surface area contributed by atoms with Crippen LogP contribution in [0.1, 0.15) is 11.1 Å². The van der Waals surface area contributed by atoms with Crippen LogP contribution in [-0.4, -0.2) is 4.92 Å². The van der Waals surface area contributed by atoms with E-state index in [0.29, 0.717) is 6.07 Å². The number of non-ortho nitro benzene ring substituents is 1. The number of hydrogen-bond donors (Lipinski definition) is 0. The van der Waals surface area contributed by atoms with Crippen molar-refractivity contribution in [1.82, 2.24) is 0 Å². The zero-order valence-corrected chi connectivity index (χ0v) is 8.23. The Morgan fingerprint density at radius 1 is 1.35 bits per heavy atom. The molecule has 0 N–H and O–H groups in total. The molecule has 1 aromatic carbocycles. The van der Waals surface area contributed by atoms with Crippen molar-refractivity contribution in [3.63, 3.8) is 0 Å². The van der Waals surface area contributed by atoms with Gasteiger partial charge in [0.1, 0.15) is 0 Å². The Bertz CT molecular complexity index is 515. The SMILES string of the molecule is N#C/C=C/c1cc([N+](=O)[O-])cc(C(F)(F)F)c1. The number of alkyl halides is 3. The average Bonchev–Trinajstić information content (AvgIpc) is 2.24. The van der Waals surface area contributed by atoms with Gasteiger partial charge < -0.3 is 0 Å². The van der Waals surface area contributed by atoms with Crippen molar-refractivity contribution in [2.45, 2.75) is 6.18 Å². The van der Waals surface area contributed by atoms with E-state index >= 15 is 0 Å². The van der Waals surface area contributed by atoms with Gasteiger partial charge in [0.2, 0.25) is 0 Å². The topological polar surface area (TPSA) is 66.9 Å². The first-order valence-corrected chi connectivity index (χ1v) is 4.27. The summed E-state index contributed by atoms with van der Waals surface area (Å²) in [4.78, 5) is 9.54. The highest BCUT2D eigenvalue weighted by atomic mass is 19.4. The van der Waals surface area contributed by atoms with Crippen molar-refractivity contribution in [3.05, 3.63) is 45.5 Å². The molecule has 0 aliphatic carbocycles. The fraction of sp³-hybridized carbons (Fsp3) is 0.100. The molecule has 0 atom stereocenters. The Kier molecular flexibility index (Phi) is 3.48. The third-order valence-corrected chi connectivity index (χ3v) is 1.83. The molecule has 88 valence electrons. The van der Waals surface area contributed by atoms with Crippen molar-refractivity contribution in [3.8, 4) is 6.07 Å². The van der Waals surface area contributed by atoms with Gasteiger partial charge in [-0.2, -0.15) is 18.4 Å². The molecule has 17 heavy (non-hydrogen) atoms. The largest absolute Gasteiger partial charge is 0.416 e. The lowest BCUT2D eigenvalue weighted by atomic mass is 10.1. The van der Waals surface area contributed by atoms with Crippen molar-refractivity contribution >= 4 is 11.8 Å². The number of hydrogen-bond acceptors (Lipinski definition) is 3. The number of nitro benzene ring substituents is 1. The standard InChI is InChI=1S/C10H5F3N2O2/c11-10(12,13)8-4-7(2-1-3-14)5-9(6-8)15(16)17/h1-2,4-6H/b2-1+. The monoisotopic (exact) mass is 242 g/mol. The predicted molar refractivity (Wildman–Crippen MR) is 52.7 cm³/mol. The van der Waals surface area contributed by atoms with Crippen molar-refractivity contribution in [2.75, 3.05) is 0 Å². The number of benzene rings is 1. The first kappa shape index (κ1) is 12.7. The minimum atomic E-state index is -4.67. The van der Waals surface area contributed by atoms with Gasteiger partial charge in [-0.25, -0.2) is 0 Å². The Hall–Kier alpha value is -2.36. The van der Waals surface area contributed by atoms with Gasteiger partial charge in [-0.3, -0.25) is 10.1 Å². The Morgan fingerprint density at radius 3 is 2.47 bits per heavy atom. The van der Waals surface area contributed by atoms with Gasteiger partial charge >= 0.3 is 6.18 Å². The summed E-state index contributed by atoms with van der Waals surface area (Å²) < 4.78 is 37.3. The van der Waals surface area contributed by atoms with Gasteiger partial charge in [0.25, 0.3) is 5.69 Å². The molecule has 0 aromatic heterocycles. The van der Waals surface area contributed by atoms with E-state index in [4.69, 9.17) is 5.26 Å². The smallest absolute Gasteiger partial charge is 0.258 e. The van der Waals surface area contributed by atoms with E-state index in [1.165, 1.54) is 0 Å². The van der Waals surface area contributed by atoms with Gasteiger partial charge in [0.15, 0.2) is 0 Å². The number of allylic oxidation sites excluding steroid dienone is 1. The molecule has 7 heteroatoms. The van der Waals surface area contributed by atoms with Gasteiger partial charge in [0, 0.05) is 18.2 Å². The highest BCUT2D eigenvalue weighted by Gasteiger charge is 2.32. The fourth-order valence-corrected chi connectivity index (χ4v) is 1.13. The van der Waals surface area contributed by atoms with Crippen LogP contribution >= 0.6 is 0 Å². The third-order valence-electron chi connectivity index (χ3n) is 1.83. The van der Waals surface area contributed by atoms with Gasteiger partial charge in [0.05, 0.1) is 16.6 Å². The van der Waals surface area contributed by atoms with Crippen LogP contribution in [0.4, 0.5) is 18.9 Å². The molecule has 0 spiro atoms. The Morgan fingerprint density at radius 2 is 2.00 bits per heavy atom. The first-order chi connectivity index (χ1) is 7.84. The number of rotatable bonds is 2. The van der Waals surface area contributed by atoms with E-state index in [2.05, 4.69) is 0 Å². The molecule has 0 amide bonds. The summed E-state index contributed by atoms with van der Waals surface area (Å²) in [6.07, 6.45) is -2.65. The maximum Gasteiger partial charge on any atom is 0.416 e. The zero-order valence-electron chi connectivity index (χ0n) is 8.23. The Balaban J connectivity index is 3.35. The van der Waals surface area contributed by atoms with Crippen LogP contribution in [0.2, 0.25) is 0 Å². The van der Waals surface area contributed by atoms with Crippen molar-refractivity contribution in [2.24, 2.45) is 0 Å². The summed E-state index contributed by atoms with van der Waals surface area (Å²) in [6.45, 7) is 0. The van der Waals surface area contributed by atoms with E-state index in [9.17, 15) is 23.3 Å². The Labute approximate surface area is 93.7 Å². The zero-order chi connectivity index (χ0) is 13.1. The van der Waals surface area contributed by atoms with Crippen LogP contribution in [-0.2, 0) is 6.18 Å². The molecular weight excluding hydrogens is 237 g/mol. The van der Waals surface area contributed by atoms with Crippen LogP contribution in [0.5, 0.6) is 0 Å². The lowest BCUT2D eigenvalue weighted by molar-refractivity contribution is -0.385. The minimum Gasteiger partial charge on any atom is -0.258 e. The molecular formula is C10H5F3N2O2. The van der Waals surface area contributed by atoms with Crippen LogP contribution in [0, 0.1) is 21.4 Å². The molecule has 0 unspecified atom stereocenters. The second-order valence-electron chi connectivity index (χ2n) is 3.03. The molecule has 0 bridgehead atoms. The molecule has 1 rings (SSSR count). The molecule has 0 saturated carbocycles. The fourth-order valence-electron chi connectivity index (χ4n) is 1.13. The third kappa shape index (κ3) is 3.31. The van der Waals surface area contributed by atoms with E-state index < -0.39 is 22.4 Å². The average molecular weight is 242 g/mol. The van der Waals surface area contributed by atoms with Crippen LogP contribution in [0.25, 0.3) is 6.08 Å². The molecule has 0 fully saturated rings. The number of halogens is 3. The number of nitrogens with zero attached hydrogens (tertiary/aromatic N) is 2. The van der Waals surface area contributed by atoms with Crippen LogP contribution in [0.15, 0.2) is 24.3 Å². The van der Waals surface area contributed by atoms with Crippen molar-refractivity contribution < 1.29 is 18.1 Å². The molecule has 0 aliphatic rings. The van der Waals surface area contributed by atoms with E-state index in [1.54, 1.807) is 6.07 Å². The molecule has 4 nitrogen and oxygen atoms in total. The lowest BCUT2D eigenvalue weighted by Crippen LogP contribution is -2.06. The van der Waals surface area contributed by atoms with Crippen LogP contribution < -0.4 is 0 Å². The normalized spacial score (nSPS) is 11.4. The minimum absolute atomic E-state index is 0.0481. The van der Waals surface area contributed by atoms with Crippen molar-refractivity contribution in [1.29, 1.82) is 5.26 Å². The summed E-state index contributed by atoms with van der Waals surface area (Å²) >= 11 is 0. The molecule has 0 radical (unpaired) electrons. The highest BCUT2D eigenvalue weighted by molar-refractivity contribution is 5.57. The molecule has 0 aliphatic heterocycles. The van der Waals surface area contributed by atoms with E-state index in [1.807, 2.05) is 0 Å². The van der Waals surface area contributed by atoms with Gasteiger partial charge in [-0.05, 0) is 17.7 Å². The predicted octanol–water partition coefficient (Wildman–Crippen LogP) is 3.15. The second kappa shape index (κ2) is 4.65. The molecule has 0 heterocycles. The summed E-state index contributed by atoms with van der Waals surface area (Å²) in [6, 6.07) is 3.74. The van der Waals surface area contributed by atoms with Crippen LogP contribution in [0.3, 0.4) is 0 Å². The van der Waals surface area contributed by atoms with E-state index in [0.717, 1.165) is 24.3 Å². The highest BCUT2D eigenvalue weighted by Crippen LogP contribution is 2.32. The number of nitriles is 1. The second-order valence-corrected chi connectivity index (χ2v) is 3.03. The quantitative estimate of drug-likeness (QED) is 0.454. The van der Waals surface area contributed by atoms with E-state index in [-0.39, 0.29) is 5.56 Å². The summed E-state index contributed by atoms with van der Waals surface area (Å²) in [5.74, 6) is 0. The van der Waals surface area contributed by atoms with Gasteiger partial charge in [-0.1, -0.05) is 0 Å². The molecule has 1 aromatic rings. The maximum absolute atomic E-state index is 12.4. The summed E-state index contributed by atoms with van der Waals surface area (Å²) in [7, 11) is 0.